The summed E-state index contributed by atoms with van der Waals surface area (Å²) in [6.07, 6.45) is 1.20. The summed E-state index contributed by atoms with van der Waals surface area (Å²) in [6.45, 7) is 13.4. The average molecular weight is 246 g/mol. The van der Waals surface area contributed by atoms with E-state index in [4.69, 9.17) is 4.89 Å². The topological polar surface area (TPSA) is 54.0 Å². The maximum Gasteiger partial charge on any atom is 0.542 e. The minimum absolute atomic E-state index is 0.0631. The van der Waals surface area contributed by atoms with E-state index in [1.807, 2.05) is 13.8 Å². The highest BCUT2D eigenvalue weighted by atomic mass is 17.5. The van der Waals surface area contributed by atoms with E-state index in [9.17, 15) is 4.79 Å². The molecule has 0 aromatic heterocycles. The van der Waals surface area contributed by atoms with Crippen molar-refractivity contribution in [1.82, 2.24) is 0 Å². The van der Waals surface area contributed by atoms with Gasteiger partial charge in [0.05, 0.1) is 0 Å². The smallest absolute Gasteiger partial charge is 0.428 e. The summed E-state index contributed by atoms with van der Waals surface area (Å²) < 4.78 is 4.52. The minimum Gasteiger partial charge on any atom is -0.428 e. The lowest BCUT2D eigenvalue weighted by molar-refractivity contribution is -0.518. The number of rotatable bonds is 6. The predicted molar refractivity (Wildman–Crippen MR) is 63.0 cm³/mol. The van der Waals surface area contributed by atoms with Crippen LogP contribution in [0.4, 0.5) is 4.79 Å². The van der Waals surface area contributed by atoms with Gasteiger partial charge < -0.3 is 4.74 Å². The monoisotopic (exact) mass is 246 g/mol. The molecule has 0 fully saturated rings. The average Bonchev–Trinajstić information content (AvgIpc) is 2.10. The summed E-state index contributed by atoms with van der Waals surface area (Å²) >= 11 is 0. The first-order chi connectivity index (χ1) is 7.66. The molecule has 0 spiro atoms. The molecule has 0 N–H and O–H groups in total. The van der Waals surface area contributed by atoms with Crippen molar-refractivity contribution in [2.75, 3.05) is 6.61 Å². The molecule has 0 amide bonds. The van der Waals surface area contributed by atoms with Gasteiger partial charge in [-0.05, 0) is 30.7 Å². The van der Waals surface area contributed by atoms with E-state index >= 15 is 0 Å². The van der Waals surface area contributed by atoms with E-state index in [-0.39, 0.29) is 12.0 Å². The standard InChI is InChI=1S/C12H22O5/c1-7-8-14-10(13)15-17-16-12(5,6)9-11(2,3)4/h7H,1,8-9H2,2-6H3. The molecule has 17 heavy (non-hydrogen) atoms. The van der Waals surface area contributed by atoms with Crippen LogP contribution in [0.5, 0.6) is 0 Å². The third kappa shape index (κ3) is 9.84. The van der Waals surface area contributed by atoms with Gasteiger partial charge in [-0.25, -0.2) is 9.68 Å². The van der Waals surface area contributed by atoms with E-state index in [0.717, 1.165) is 6.42 Å². The molecular weight excluding hydrogens is 224 g/mol. The van der Waals surface area contributed by atoms with Crippen LogP contribution in [0.1, 0.15) is 41.0 Å². The van der Waals surface area contributed by atoms with Gasteiger partial charge in [0.1, 0.15) is 12.2 Å². The van der Waals surface area contributed by atoms with Crippen molar-refractivity contribution in [3.05, 3.63) is 12.7 Å². The van der Waals surface area contributed by atoms with Gasteiger partial charge in [-0.2, -0.15) is 4.89 Å². The Labute approximate surface area is 103 Å². The summed E-state index contributed by atoms with van der Waals surface area (Å²) in [7, 11) is 0. The Kier molecular flexibility index (Phi) is 6.20. The van der Waals surface area contributed by atoms with Crippen molar-refractivity contribution in [2.45, 2.75) is 46.6 Å². The summed E-state index contributed by atoms with van der Waals surface area (Å²) in [5, 5.41) is 4.39. The Bertz CT molecular complexity index is 252. The molecule has 0 aromatic carbocycles. The molecule has 0 aliphatic carbocycles. The van der Waals surface area contributed by atoms with Crippen LogP contribution in [0, 0.1) is 5.41 Å². The van der Waals surface area contributed by atoms with Gasteiger partial charge in [-0.1, -0.05) is 33.4 Å². The highest BCUT2D eigenvalue weighted by Gasteiger charge is 2.28. The molecule has 0 aliphatic heterocycles. The Morgan fingerprint density at radius 3 is 2.29 bits per heavy atom. The fourth-order valence-corrected chi connectivity index (χ4v) is 1.59. The molecule has 0 aromatic rings. The fraction of sp³-hybridized carbons (Fsp3) is 0.750. The van der Waals surface area contributed by atoms with E-state index < -0.39 is 11.8 Å². The summed E-state index contributed by atoms with van der Waals surface area (Å²) in [6, 6.07) is 0. The lowest BCUT2D eigenvalue weighted by atomic mass is 9.84. The van der Waals surface area contributed by atoms with E-state index in [1.165, 1.54) is 6.08 Å². The first-order valence-corrected chi connectivity index (χ1v) is 5.46. The van der Waals surface area contributed by atoms with Crippen molar-refractivity contribution in [3.8, 4) is 0 Å². The molecule has 0 bridgehead atoms. The van der Waals surface area contributed by atoms with Gasteiger partial charge >= 0.3 is 6.16 Å². The van der Waals surface area contributed by atoms with E-state index in [0.29, 0.717) is 0 Å². The first-order valence-electron chi connectivity index (χ1n) is 5.46. The minimum atomic E-state index is -0.962. The van der Waals surface area contributed by atoms with Crippen LogP contribution in [0.3, 0.4) is 0 Å². The molecule has 0 atom stereocenters. The number of hydrogen-bond acceptors (Lipinski definition) is 5. The SMILES string of the molecule is C=CCOC(=O)OOOC(C)(C)CC(C)(C)C. The maximum absolute atomic E-state index is 10.9. The van der Waals surface area contributed by atoms with Crippen LogP contribution in [0.2, 0.25) is 0 Å². The van der Waals surface area contributed by atoms with Crippen LogP contribution in [0.25, 0.3) is 0 Å². The van der Waals surface area contributed by atoms with E-state index in [2.05, 4.69) is 42.0 Å². The van der Waals surface area contributed by atoms with Crippen molar-refractivity contribution in [3.63, 3.8) is 0 Å². The molecule has 100 valence electrons. The Hall–Kier alpha value is -1.07. The second-order valence-electron chi connectivity index (χ2n) is 5.58. The van der Waals surface area contributed by atoms with Crippen LogP contribution in [-0.4, -0.2) is 18.4 Å². The van der Waals surface area contributed by atoms with Gasteiger partial charge in [0.15, 0.2) is 0 Å². The normalized spacial score (nSPS) is 12.1. The largest absolute Gasteiger partial charge is 0.542 e. The van der Waals surface area contributed by atoms with Gasteiger partial charge in [-0.3, -0.25) is 0 Å². The van der Waals surface area contributed by atoms with Crippen molar-refractivity contribution in [1.29, 1.82) is 0 Å². The zero-order valence-corrected chi connectivity index (χ0v) is 11.2. The highest BCUT2D eigenvalue weighted by Crippen LogP contribution is 2.29. The molecule has 0 heterocycles. The number of hydrogen-bond donors (Lipinski definition) is 0. The molecule has 0 saturated heterocycles. The zero-order valence-electron chi connectivity index (χ0n) is 11.2. The molecule has 0 aliphatic rings. The molecule has 0 saturated carbocycles. The van der Waals surface area contributed by atoms with Gasteiger partial charge in [0.25, 0.3) is 0 Å². The summed E-state index contributed by atoms with van der Waals surface area (Å²) in [5.41, 5.74) is -0.479. The second kappa shape index (κ2) is 6.61. The van der Waals surface area contributed by atoms with Gasteiger partial charge in [0, 0.05) is 0 Å². The fourth-order valence-electron chi connectivity index (χ4n) is 1.59. The van der Waals surface area contributed by atoms with Gasteiger partial charge in [-0.15, -0.1) is 0 Å². The van der Waals surface area contributed by atoms with Crippen LogP contribution < -0.4 is 0 Å². The second-order valence-corrected chi connectivity index (χ2v) is 5.58. The Morgan fingerprint density at radius 2 is 1.82 bits per heavy atom. The third-order valence-electron chi connectivity index (χ3n) is 1.64. The third-order valence-corrected chi connectivity index (χ3v) is 1.64. The van der Waals surface area contributed by atoms with Crippen LogP contribution in [0.15, 0.2) is 12.7 Å². The molecule has 0 unspecified atom stereocenters. The van der Waals surface area contributed by atoms with Crippen LogP contribution >= 0.6 is 0 Å². The van der Waals surface area contributed by atoms with Crippen molar-refractivity contribution in [2.24, 2.45) is 5.41 Å². The quantitative estimate of drug-likeness (QED) is 0.311. The van der Waals surface area contributed by atoms with E-state index in [1.54, 1.807) is 0 Å². The van der Waals surface area contributed by atoms with Crippen molar-refractivity contribution < 1.29 is 24.3 Å². The molecule has 5 nitrogen and oxygen atoms in total. The molecule has 5 heteroatoms. The molecule has 0 radical (unpaired) electrons. The molecule has 0 rings (SSSR count). The summed E-state index contributed by atoms with van der Waals surface area (Å²) in [4.78, 5) is 20.1. The molecular formula is C12H22O5. The number of ether oxygens (including phenoxy) is 1. The summed E-state index contributed by atoms with van der Waals surface area (Å²) in [5.74, 6) is 0. The van der Waals surface area contributed by atoms with Crippen LogP contribution in [-0.2, 0) is 19.6 Å². The Balaban J connectivity index is 3.86. The maximum atomic E-state index is 10.9. The lowest BCUT2D eigenvalue weighted by Gasteiger charge is -2.29. The first kappa shape index (κ1) is 15.9. The lowest BCUT2D eigenvalue weighted by Crippen LogP contribution is -2.30. The predicted octanol–water partition coefficient (Wildman–Crippen LogP) is 3.40. The number of carbonyl (C=O) groups excluding carboxylic acids is 1. The zero-order chi connectivity index (χ0) is 13.5. The van der Waals surface area contributed by atoms with Gasteiger partial charge in [0.2, 0.25) is 0 Å². The number of carbonyl (C=O) groups is 1. The van der Waals surface area contributed by atoms with Crippen molar-refractivity contribution >= 4 is 6.16 Å². The highest BCUT2D eigenvalue weighted by molar-refractivity contribution is 5.59. The Morgan fingerprint density at radius 1 is 1.24 bits per heavy atom.